The van der Waals surface area contributed by atoms with Gasteiger partial charge in [-0.15, -0.1) is 0 Å². The van der Waals surface area contributed by atoms with Crippen LogP contribution in [0.2, 0.25) is 0 Å². The monoisotopic (exact) mass is 251 g/mol. The van der Waals surface area contributed by atoms with E-state index >= 15 is 0 Å². The minimum Gasteiger partial charge on any atom is -0.359 e. The summed E-state index contributed by atoms with van der Waals surface area (Å²) in [6.45, 7) is 6.57. The highest BCUT2D eigenvalue weighted by Gasteiger charge is 2.35. The van der Waals surface area contributed by atoms with Crippen LogP contribution in [0.25, 0.3) is 0 Å². The van der Waals surface area contributed by atoms with Crippen molar-refractivity contribution in [3.63, 3.8) is 0 Å². The SMILES string of the molecule is Cc1cc(C2CCCN2C(=O)[C@@H](N)C(C)C)on1. The Morgan fingerprint density at radius 1 is 1.61 bits per heavy atom. The van der Waals surface area contributed by atoms with E-state index in [4.69, 9.17) is 10.3 Å². The molecule has 5 nitrogen and oxygen atoms in total. The molecule has 0 radical (unpaired) electrons. The van der Waals surface area contributed by atoms with E-state index in [1.54, 1.807) is 0 Å². The molecule has 100 valence electrons. The largest absolute Gasteiger partial charge is 0.359 e. The summed E-state index contributed by atoms with van der Waals surface area (Å²) in [5.41, 5.74) is 6.79. The second kappa shape index (κ2) is 5.10. The number of hydrogen-bond donors (Lipinski definition) is 1. The molecule has 1 amide bonds. The van der Waals surface area contributed by atoms with Crippen LogP contribution in [0, 0.1) is 12.8 Å². The van der Waals surface area contributed by atoms with Gasteiger partial charge in [-0.2, -0.15) is 0 Å². The van der Waals surface area contributed by atoms with Crippen LogP contribution in [-0.2, 0) is 4.79 Å². The Kier molecular flexibility index (Phi) is 3.71. The Bertz CT molecular complexity index is 428. The maximum Gasteiger partial charge on any atom is 0.240 e. The fourth-order valence-corrected chi connectivity index (χ4v) is 2.34. The average molecular weight is 251 g/mol. The molecule has 1 fully saturated rings. The molecular weight excluding hydrogens is 230 g/mol. The third kappa shape index (κ3) is 2.41. The molecular formula is C13H21N3O2. The molecule has 0 spiro atoms. The quantitative estimate of drug-likeness (QED) is 0.886. The van der Waals surface area contributed by atoms with E-state index in [2.05, 4.69) is 5.16 Å². The molecule has 0 aliphatic carbocycles. The molecule has 1 unspecified atom stereocenters. The molecule has 1 aliphatic heterocycles. The predicted octanol–water partition coefficient (Wildman–Crippen LogP) is 1.63. The van der Waals surface area contributed by atoms with E-state index in [9.17, 15) is 4.79 Å². The van der Waals surface area contributed by atoms with Gasteiger partial charge in [0.1, 0.15) is 0 Å². The molecule has 5 heteroatoms. The summed E-state index contributed by atoms with van der Waals surface area (Å²) in [6, 6.07) is 1.47. The molecule has 0 bridgehead atoms. The van der Waals surface area contributed by atoms with Crippen molar-refractivity contribution in [1.82, 2.24) is 10.1 Å². The molecule has 1 aromatic rings. The van der Waals surface area contributed by atoms with Crippen LogP contribution in [-0.4, -0.2) is 28.6 Å². The van der Waals surface area contributed by atoms with Gasteiger partial charge in [0, 0.05) is 12.6 Å². The lowest BCUT2D eigenvalue weighted by atomic mass is 10.0. The molecule has 2 rings (SSSR count). The van der Waals surface area contributed by atoms with Crippen LogP contribution in [0.1, 0.15) is 44.2 Å². The zero-order valence-electron chi connectivity index (χ0n) is 11.2. The smallest absolute Gasteiger partial charge is 0.240 e. The van der Waals surface area contributed by atoms with Crippen LogP contribution in [0.5, 0.6) is 0 Å². The molecule has 0 saturated carbocycles. The summed E-state index contributed by atoms with van der Waals surface area (Å²) < 4.78 is 5.28. The molecule has 18 heavy (non-hydrogen) atoms. The number of aryl methyl sites for hydroxylation is 1. The van der Waals surface area contributed by atoms with Gasteiger partial charge in [0.25, 0.3) is 0 Å². The van der Waals surface area contributed by atoms with Crippen molar-refractivity contribution < 1.29 is 9.32 Å². The maximum atomic E-state index is 12.3. The first-order chi connectivity index (χ1) is 8.50. The first kappa shape index (κ1) is 13.1. The minimum atomic E-state index is -0.436. The number of aromatic nitrogens is 1. The fourth-order valence-electron chi connectivity index (χ4n) is 2.34. The number of nitrogens with two attached hydrogens (primary N) is 1. The van der Waals surface area contributed by atoms with E-state index in [1.165, 1.54) is 0 Å². The summed E-state index contributed by atoms with van der Waals surface area (Å²) in [7, 11) is 0. The second-order valence-electron chi connectivity index (χ2n) is 5.33. The third-order valence-corrected chi connectivity index (χ3v) is 3.51. The maximum absolute atomic E-state index is 12.3. The first-order valence-electron chi connectivity index (χ1n) is 6.50. The molecule has 0 aromatic carbocycles. The van der Waals surface area contributed by atoms with Crippen LogP contribution in [0.3, 0.4) is 0 Å². The van der Waals surface area contributed by atoms with Crippen LogP contribution < -0.4 is 5.73 Å². The van der Waals surface area contributed by atoms with Gasteiger partial charge < -0.3 is 15.2 Å². The molecule has 1 saturated heterocycles. The van der Waals surface area contributed by atoms with Gasteiger partial charge in [-0.3, -0.25) is 4.79 Å². The Labute approximate surface area is 107 Å². The van der Waals surface area contributed by atoms with E-state index in [0.717, 1.165) is 30.8 Å². The first-order valence-corrected chi connectivity index (χ1v) is 6.50. The van der Waals surface area contributed by atoms with E-state index in [0.29, 0.717) is 0 Å². The third-order valence-electron chi connectivity index (χ3n) is 3.51. The predicted molar refractivity (Wildman–Crippen MR) is 67.7 cm³/mol. The lowest BCUT2D eigenvalue weighted by Gasteiger charge is -2.27. The number of hydrogen-bond acceptors (Lipinski definition) is 4. The van der Waals surface area contributed by atoms with Crippen molar-refractivity contribution in [2.24, 2.45) is 11.7 Å². The molecule has 2 N–H and O–H groups in total. The lowest BCUT2D eigenvalue weighted by Crippen LogP contribution is -2.46. The average Bonchev–Trinajstić information content (AvgIpc) is 2.94. The van der Waals surface area contributed by atoms with Gasteiger partial charge >= 0.3 is 0 Å². The van der Waals surface area contributed by atoms with Crippen LogP contribution in [0.15, 0.2) is 10.6 Å². The van der Waals surface area contributed by atoms with Crippen molar-refractivity contribution in [1.29, 1.82) is 0 Å². The minimum absolute atomic E-state index is 0.00324. The highest BCUT2D eigenvalue weighted by Crippen LogP contribution is 2.32. The van der Waals surface area contributed by atoms with Crippen molar-refractivity contribution in [3.8, 4) is 0 Å². The van der Waals surface area contributed by atoms with Gasteiger partial charge in [0.15, 0.2) is 5.76 Å². The Balaban J connectivity index is 2.15. The van der Waals surface area contributed by atoms with Crippen molar-refractivity contribution in [2.75, 3.05) is 6.54 Å². The number of carbonyl (C=O) groups is 1. The molecule has 1 aliphatic rings. The van der Waals surface area contributed by atoms with Gasteiger partial charge in [0.05, 0.1) is 17.8 Å². The van der Waals surface area contributed by atoms with Crippen molar-refractivity contribution in [2.45, 2.75) is 45.7 Å². The Morgan fingerprint density at radius 3 is 2.89 bits per heavy atom. The van der Waals surface area contributed by atoms with Gasteiger partial charge in [-0.25, -0.2) is 0 Å². The van der Waals surface area contributed by atoms with Crippen LogP contribution in [0.4, 0.5) is 0 Å². The number of rotatable bonds is 3. The number of amides is 1. The number of carbonyl (C=O) groups excluding carboxylic acids is 1. The zero-order valence-corrected chi connectivity index (χ0v) is 11.2. The topological polar surface area (TPSA) is 72.4 Å². The Hall–Kier alpha value is -1.36. The highest BCUT2D eigenvalue weighted by molar-refractivity contribution is 5.82. The summed E-state index contributed by atoms with van der Waals surface area (Å²) in [5.74, 6) is 0.936. The standard InChI is InChI=1S/C13H21N3O2/c1-8(2)12(14)13(17)16-6-4-5-10(16)11-7-9(3)15-18-11/h7-8,10,12H,4-6,14H2,1-3H3/t10?,12-/m0/s1. The van der Waals surface area contributed by atoms with E-state index in [-0.39, 0.29) is 17.9 Å². The van der Waals surface area contributed by atoms with Gasteiger partial charge in [-0.1, -0.05) is 19.0 Å². The zero-order chi connectivity index (χ0) is 13.3. The van der Waals surface area contributed by atoms with Crippen molar-refractivity contribution >= 4 is 5.91 Å². The van der Waals surface area contributed by atoms with Crippen LogP contribution >= 0.6 is 0 Å². The van der Waals surface area contributed by atoms with E-state index < -0.39 is 6.04 Å². The van der Waals surface area contributed by atoms with Crippen molar-refractivity contribution in [3.05, 3.63) is 17.5 Å². The Morgan fingerprint density at radius 2 is 2.33 bits per heavy atom. The summed E-state index contributed by atoms with van der Waals surface area (Å²) in [4.78, 5) is 14.2. The van der Waals surface area contributed by atoms with E-state index in [1.807, 2.05) is 31.7 Å². The summed E-state index contributed by atoms with van der Waals surface area (Å²) >= 11 is 0. The van der Waals surface area contributed by atoms with Gasteiger partial charge in [0.2, 0.25) is 5.91 Å². The van der Waals surface area contributed by atoms with Gasteiger partial charge in [-0.05, 0) is 25.7 Å². The highest BCUT2D eigenvalue weighted by atomic mass is 16.5. The number of nitrogens with zero attached hydrogens (tertiary/aromatic N) is 2. The molecule has 2 heterocycles. The summed E-state index contributed by atoms with van der Waals surface area (Å²) in [6.07, 6.45) is 1.91. The normalized spacial score (nSPS) is 21.6. The lowest BCUT2D eigenvalue weighted by molar-refractivity contribution is -0.134. The molecule has 1 aromatic heterocycles. The fraction of sp³-hybridized carbons (Fsp3) is 0.692. The number of likely N-dealkylation sites (tertiary alicyclic amines) is 1. The second-order valence-corrected chi connectivity index (χ2v) is 5.33. The molecule has 2 atom stereocenters. The summed E-state index contributed by atoms with van der Waals surface area (Å²) in [5, 5.41) is 3.89.